The molecule has 0 unspecified atom stereocenters. The number of hydrogen-bond donors (Lipinski definition) is 2. The number of aromatic hydroxyl groups is 1. The smallest absolute Gasteiger partial charge is 0.251 e. The Labute approximate surface area is 104 Å². The fourth-order valence-electron chi connectivity index (χ4n) is 1.16. The van der Waals surface area contributed by atoms with Crippen LogP contribution in [0.3, 0.4) is 0 Å². The van der Waals surface area contributed by atoms with E-state index in [9.17, 15) is 9.90 Å². The summed E-state index contributed by atoms with van der Waals surface area (Å²) in [5.74, 6) is -0.0379. The number of benzene rings is 1. The van der Waals surface area contributed by atoms with Crippen LogP contribution in [0.4, 0.5) is 0 Å². The van der Waals surface area contributed by atoms with Crippen LogP contribution in [-0.2, 0) is 0 Å². The summed E-state index contributed by atoms with van der Waals surface area (Å²) in [5.41, 5.74) is 0.922. The van der Waals surface area contributed by atoms with Gasteiger partial charge >= 0.3 is 0 Å². The number of rotatable bonds is 3. The molecule has 0 bridgehead atoms. The van der Waals surface area contributed by atoms with Gasteiger partial charge in [0.05, 0.1) is 0 Å². The molecule has 0 aliphatic carbocycles. The Hall–Kier alpha value is -1.03. The first-order valence-corrected chi connectivity index (χ1v) is 6.16. The normalized spacial score (nSPS) is 11.2. The lowest BCUT2D eigenvalue weighted by atomic mass is 10.1. The van der Waals surface area contributed by atoms with Gasteiger partial charge in [0, 0.05) is 16.4 Å². The summed E-state index contributed by atoms with van der Waals surface area (Å²) in [6.07, 6.45) is 0. The van der Waals surface area contributed by atoms with Crippen LogP contribution in [0.25, 0.3) is 0 Å². The van der Waals surface area contributed by atoms with E-state index in [2.05, 4.69) is 21.2 Å². The molecule has 2 N–H and O–H groups in total. The number of carbonyl (C=O) groups is 1. The molecular weight excluding hydrogens is 270 g/mol. The van der Waals surface area contributed by atoms with Crippen LogP contribution in [0.1, 0.15) is 29.8 Å². The zero-order valence-electron chi connectivity index (χ0n) is 9.67. The van der Waals surface area contributed by atoms with Crippen molar-refractivity contribution in [1.29, 1.82) is 0 Å². The minimum atomic E-state index is -0.308. The fraction of sp³-hybridized carbons (Fsp3) is 0.417. The Balaban J connectivity index is 2.85. The maximum absolute atomic E-state index is 11.8. The van der Waals surface area contributed by atoms with Gasteiger partial charge in [-0.3, -0.25) is 4.79 Å². The third kappa shape index (κ3) is 3.23. The highest BCUT2D eigenvalue weighted by molar-refractivity contribution is 9.09. The topological polar surface area (TPSA) is 49.3 Å². The quantitative estimate of drug-likeness (QED) is 0.839. The van der Waals surface area contributed by atoms with Gasteiger partial charge in [-0.05, 0) is 38.5 Å². The van der Waals surface area contributed by atoms with Crippen LogP contribution in [0.2, 0.25) is 0 Å². The molecule has 88 valence electrons. The first kappa shape index (κ1) is 13.0. The van der Waals surface area contributed by atoms with E-state index in [0.29, 0.717) is 10.9 Å². The molecule has 0 atom stereocenters. The number of alkyl halides is 1. The summed E-state index contributed by atoms with van der Waals surface area (Å²) in [4.78, 5) is 11.8. The maximum atomic E-state index is 11.8. The number of phenolic OH excluding ortho intramolecular Hbond substituents is 1. The van der Waals surface area contributed by atoms with E-state index < -0.39 is 0 Å². The fourth-order valence-corrected chi connectivity index (χ4v) is 1.30. The van der Waals surface area contributed by atoms with Crippen molar-refractivity contribution in [2.45, 2.75) is 26.3 Å². The van der Waals surface area contributed by atoms with Gasteiger partial charge in [0.2, 0.25) is 0 Å². The van der Waals surface area contributed by atoms with E-state index in [1.54, 1.807) is 19.1 Å². The molecule has 1 aromatic rings. The molecule has 16 heavy (non-hydrogen) atoms. The molecular formula is C12H16BrNO2. The Morgan fingerprint density at radius 3 is 2.62 bits per heavy atom. The molecule has 0 aliphatic rings. The van der Waals surface area contributed by atoms with Crippen molar-refractivity contribution in [1.82, 2.24) is 5.32 Å². The molecule has 4 heteroatoms. The van der Waals surface area contributed by atoms with Crippen LogP contribution in [0.5, 0.6) is 5.75 Å². The number of nitrogens with one attached hydrogen (secondary N) is 1. The summed E-state index contributed by atoms with van der Waals surface area (Å²) in [6, 6.07) is 4.91. The van der Waals surface area contributed by atoms with E-state index >= 15 is 0 Å². The summed E-state index contributed by atoms with van der Waals surface area (Å²) in [7, 11) is 0. The largest absolute Gasteiger partial charge is 0.508 e. The van der Waals surface area contributed by atoms with Gasteiger partial charge in [-0.25, -0.2) is 0 Å². The second-order valence-electron chi connectivity index (χ2n) is 4.47. The van der Waals surface area contributed by atoms with Gasteiger partial charge in [-0.2, -0.15) is 0 Å². The second-order valence-corrected chi connectivity index (χ2v) is 5.03. The molecule has 0 radical (unpaired) electrons. The molecule has 1 aromatic carbocycles. The predicted molar refractivity (Wildman–Crippen MR) is 68.2 cm³/mol. The van der Waals surface area contributed by atoms with Gasteiger partial charge in [0.1, 0.15) is 5.75 Å². The molecule has 1 amide bonds. The van der Waals surface area contributed by atoms with Crippen molar-refractivity contribution in [2.75, 3.05) is 5.33 Å². The third-order valence-electron chi connectivity index (χ3n) is 2.26. The number of aryl methyl sites for hydroxylation is 1. The molecule has 0 fully saturated rings. The Morgan fingerprint density at radius 2 is 2.12 bits per heavy atom. The van der Waals surface area contributed by atoms with E-state index in [-0.39, 0.29) is 17.2 Å². The first-order valence-electron chi connectivity index (χ1n) is 5.04. The van der Waals surface area contributed by atoms with Crippen molar-refractivity contribution in [3.8, 4) is 5.75 Å². The minimum Gasteiger partial charge on any atom is -0.508 e. The van der Waals surface area contributed by atoms with Crippen molar-refractivity contribution in [2.24, 2.45) is 0 Å². The minimum absolute atomic E-state index is 0.143. The molecule has 0 aromatic heterocycles. The number of carbonyl (C=O) groups excluding carboxylic acids is 1. The molecule has 0 spiro atoms. The highest BCUT2D eigenvalue weighted by atomic mass is 79.9. The van der Waals surface area contributed by atoms with Crippen LogP contribution in [0, 0.1) is 6.92 Å². The first-order chi connectivity index (χ1) is 7.35. The molecule has 3 nitrogen and oxygen atoms in total. The van der Waals surface area contributed by atoms with Crippen LogP contribution in [-0.4, -0.2) is 21.9 Å². The van der Waals surface area contributed by atoms with Gasteiger partial charge < -0.3 is 10.4 Å². The zero-order chi connectivity index (χ0) is 12.3. The lowest BCUT2D eigenvalue weighted by molar-refractivity contribution is 0.0921. The van der Waals surface area contributed by atoms with Gasteiger partial charge in [0.15, 0.2) is 0 Å². The van der Waals surface area contributed by atoms with Crippen molar-refractivity contribution >= 4 is 21.8 Å². The summed E-state index contributed by atoms with van der Waals surface area (Å²) in [5, 5.41) is 13.1. The molecule has 0 saturated heterocycles. The second kappa shape index (κ2) is 4.87. The van der Waals surface area contributed by atoms with Crippen LogP contribution >= 0.6 is 15.9 Å². The summed E-state index contributed by atoms with van der Waals surface area (Å²) >= 11 is 3.33. The van der Waals surface area contributed by atoms with Gasteiger partial charge in [-0.15, -0.1) is 0 Å². The Bertz CT molecular complexity index is 402. The highest BCUT2D eigenvalue weighted by Gasteiger charge is 2.19. The predicted octanol–water partition coefficient (Wildman–Crippen LogP) is 2.60. The number of halogens is 1. The standard InChI is InChI=1S/C12H16BrNO2/c1-8-4-5-9(6-10(8)15)11(16)14-12(2,3)7-13/h4-6,15H,7H2,1-3H3,(H,14,16). The molecule has 1 rings (SSSR count). The van der Waals surface area contributed by atoms with Gasteiger partial charge in [-0.1, -0.05) is 22.0 Å². The van der Waals surface area contributed by atoms with Crippen molar-refractivity contribution < 1.29 is 9.90 Å². The summed E-state index contributed by atoms with van der Waals surface area (Å²) in [6.45, 7) is 5.64. The van der Waals surface area contributed by atoms with E-state index in [1.807, 2.05) is 13.8 Å². The SMILES string of the molecule is Cc1ccc(C(=O)NC(C)(C)CBr)cc1O. The van der Waals surface area contributed by atoms with Crippen molar-refractivity contribution in [3.63, 3.8) is 0 Å². The average Bonchev–Trinajstić information content (AvgIpc) is 2.21. The van der Waals surface area contributed by atoms with Crippen LogP contribution < -0.4 is 5.32 Å². The van der Waals surface area contributed by atoms with E-state index in [4.69, 9.17) is 0 Å². The third-order valence-corrected chi connectivity index (χ3v) is 3.66. The number of phenols is 1. The molecule has 0 saturated carbocycles. The monoisotopic (exact) mass is 285 g/mol. The Morgan fingerprint density at radius 1 is 1.50 bits per heavy atom. The molecule has 0 heterocycles. The van der Waals surface area contributed by atoms with Gasteiger partial charge in [0.25, 0.3) is 5.91 Å². The van der Waals surface area contributed by atoms with Crippen LogP contribution in [0.15, 0.2) is 18.2 Å². The lowest BCUT2D eigenvalue weighted by Crippen LogP contribution is -2.44. The number of hydrogen-bond acceptors (Lipinski definition) is 2. The lowest BCUT2D eigenvalue weighted by Gasteiger charge is -2.23. The van der Waals surface area contributed by atoms with E-state index in [1.165, 1.54) is 6.07 Å². The zero-order valence-corrected chi connectivity index (χ0v) is 11.3. The summed E-state index contributed by atoms with van der Waals surface area (Å²) < 4.78 is 0. The Kier molecular flexibility index (Phi) is 3.97. The average molecular weight is 286 g/mol. The number of amides is 1. The maximum Gasteiger partial charge on any atom is 0.251 e. The van der Waals surface area contributed by atoms with E-state index in [0.717, 1.165) is 5.56 Å². The highest BCUT2D eigenvalue weighted by Crippen LogP contribution is 2.18. The molecule has 0 aliphatic heterocycles. The van der Waals surface area contributed by atoms with Crippen molar-refractivity contribution in [3.05, 3.63) is 29.3 Å².